The molecule has 0 aromatic heterocycles. The molecule has 2 aromatic rings. The molecule has 8 heteroatoms. The lowest BCUT2D eigenvalue weighted by molar-refractivity contribution is -0.385. The number of carbonyl (C=O) groups is 2. The van der Waals surface area contributed by atoms with Gasteiger partial charge in [-0.3, -0.25) is 14.9 Å². The van der Waals surface area contributed by atoms with Gasteiger partial charge in [-0.05, 0) is 36.4 Å². The predicted octanol–water partition coefficient (Wildman–Crippen LogP) is 3.94. The molecular weight excluding hydrogens is 345 g/mol. The maximum atomic E-state index is 12.0. The van der Waals surface area contributed by atoms with Crippen LogP contribution < -0.4 is 0 Å². The molecule has 2 rings (SSSR count). The van der Waals surface area contributed by atoms with E-state index in [0.29, 0.717) is 10.6 Å². The highest BCUT2D eigenvalue weighted by Gasteiger charge is 2.22. The van der Waals surface area contributed by atoms with Crippen molar-refractivity contribution in [3.63, 3.8) is 0 Å². The van der Waals surface area contributed by atoms with Gasteiger partial charge in [0, 0.05) is 21.7 Å². The van der Waals surface area contributed by atoms with Gasteiger partial charge in [0.15, 0.2) is 12.4 Å². The lowest BCUT2D eigenvalue weighted by Gasteiger charge is -2.05. The minimum absolute atomic E-state index is 0.145. The number of Topliss-reactive ketones (excluding diaryl/α,β-unsaturated/α-hetero) is 1. The number of ketones is 1. The summed E-state index contributed by atoms with van der Waals surface area (Å²) in [5.41, 5.74) is -0.451. The van der Waals surface area contributed by atoms with Crippen molar-refractivity contribution in [1.82, 2.24) is 0 Å². The van der Waals surface area contributed by atoms with Crippen LogP contribution in [0.25, 0.3) is 0 Å². The summed E-state index contributed by atoms with van der Waals surface area (Å²) in [5, 5.41) is 11.5. The smallest absolute Gasteiger partial charge is 0.345 e. The molecule has 6 nitrogen and oxygen atoms in total. The molecule has 118 valence electrons. The van der Waals surface area contributed by atoms with Crippen LogP contribution in [0.1, 0.15) is 20.7 Å². The fraction of sp³-hybridized carbons (Fsp3) is 0.0667. The molecule has 0 atom stereocenters. The van der Waals surface area contributed by atoms with Crippen LogP contribution in [0.3, 0.4) is 0 Å². The van der Waals surface area contributed by atoms with Gasteiger partial charge in [-0.25, -0.2) is 4.79 Å². The molecule has 2 aromatic carbocycles. The van der Waals surface area contributed by atoms with Gasteiger partial charge in [0.25, 0.3) is 5.69 Å². The summed E-state index contributed by atoms with van der Waals surface area (Å²) in [4.78, 5) is 34.0. The second-order valence-corrected chi connectivity index (χ2v) is 5.30. The number of nitro groups is 1. The highest BCUT2D eigenvalue weighted by molar-refractivity contribution is 6.31. The van der Waals surface area contributed by atoms with E-state index in [9.17, 15) is 19.7 Å². The maximum absolute atomic E-state index is 12.0. The zero-order chi connectivity index (χ0) is 17.0. The summed E-state index contributed by atoms with van der Waals surface area (Å²) in [6, 6.07) is 9.53. The predicted molar refractivity (Wildman–Crippen MR) is 84.2 cm³/mol. The molecule has 0 bridgehead atoms. The first-order valence-corrected chi connectivity index (χ1v) is 7.04. The number of benzene rings is 2. The van der Waals surface area contributed by atoms with E-state index in [1.54, 1.807) is 0 Å². The zero-order valence-corrected chi connectivity index (χ0v) is 13.0. The Kier molecular flexibility index (Phi) is 5.31. The fourth-order valence-electron chi connectivity index (χ4n) is 1.76. The van der Waals surface area contributed by atoms with Gasteiger partial charge in [0.1, 0.15) is 5.56 Å². The first-order valence-electron chi connectivity index (χ1n) is 6.28. The Morgan fingerprint density at radius 3 is 2.26 bits per heavy atom. The van der Waals surface area contributed by atoms with Gasteiger partial charge in [0.05, 0.1) is 4.92 Å². The summed E-state index contributed by atoms with van der Waals surface area (Å²) in [7, 11) is 0. The van der Waals surface area contributed by atoms with Crippen molar-refractivity contribution in [3.8, 4) is 0 Å². The molecular formula is C15H9Cl2NO5. The van der Waals surface area contributed by atoms with E-state index in [4.69, 9.17) is 27.9 Å². The Bertz CT molecular complexity index is 774. The minimum atomic E-state index is -0.999. The third-order valence-electron chi connectivity index (χ3n) is 2.88. The largest absolute Gasteiger partial charge is 0.454 e. The maximum Gasteiger partial charge on any atom is 0.345 e. The van der Waals surface area contributed by atoms with Crippen molar-refractivity contribution < 1.29 is 19.2 Å². The molecule has 0 spiro atoms. The SMILES string of the molecule is O=C(COC(=O)c1cc(Cl)ccc1[N+](=O)[O-])c1ccc(Cl)cc1. The third-order valence-corrected chi connectivity index (χ3v) is 3.36. The molecule has 0 amide bonds. The van der Waals surface area contributed by atoms with Crippen LogP contribution in [-0.4, -0.2) is 23.3 Å². The Morgan fingerprint density at radius 1 is 1.04 bits per heavy atom. The third kappa shape index (κ3) is 4.28. The van der Waals surface area contributed by atoms with E-state index >= 15 is 0 Å². The van der Waals surface area contributed by atoms with Crippen molar-refractivity contribution >= 4 is 40.6 Å². The van der Waals surface area contributed by atoms with Gasteiger partial charge in [0.2, 0.25) is 0 Å². The molecule has 0 radical (unpaired) electrons. The van der Waals surface area contributed by atoms with Crippen molar-refractivity contribution in [2.75, 3.05) is 6.61 Å². The average Bonchev–Trinajstić information content (AvgIpc) is 2.52. The molecule has 0 unspecified atom stereocenters. The lowest BCUT2D eigenvalue weighted by atomic mass is 10.1. The molecule has 0 aliphatic rings. The quantitative estimate of drug-likeness (QED) is 0.351. The fourth-order valence-corrected chi connectivity index (χ4v) is 2.06. The Balaban J connectivity index is 2.11. The molecule has 0 aliphatic carbocycles. The van der Waals surface area contributed by atoms with Crippen molar-refractivity contribution in [1.29, 1.82) is 0 Å². The highest BCUT2D eigenvalue weighted by Crippen LogP contribution is 2.23. The number of carbonyl (C=O) groups excluding carboxylic acids is 2. The van der Waals surface area contributed by atoms with E-state index in [0.717, 1.165) is 12.1 Å². The monoisotopic (exact) mass is 353 g/mol. The Morgan fingerprint density at radius 2 is 1.65 bits per heavy atom. The summed E-state index contributed by atoms with van der Waals surface area (Å²) in [6.45, 7) is -0.551. The molecule has 0 aliphatic heterocycles. The van der Waals surface area contributed by atoms with Crippen LogP contribution in [0.15, 0.2) is 42.5 Å². The number of rotatable bonds is 5. The lowest BCUT2D eigenvalue weighted by Crippen LogP contribution is -2.15. The Labute approximate surface area is 140 Å². The van der Waals surface area contributed by atoms with E-state index in [1.807, 2.05) is 0 Å². The van der Waals surface area contributed by atoms with Gasteiger partial charge < -0.3 is 4.74 Å². The van der Waals surface area contributed by atoms with Crippen LogP contribution in [0, 0.1) is 10.1 Å². The molecule has 0 heterocycles. The van der Waals surface area contributed by atoms with Gasteiger partial charge in [-0.1, -0.05) is 23.2 Å². The van der Waals surface area contributed by atoms with Crippen molar-refractivity contribution in [2.24, 2.45) is 0 Å². The van der Waals surface area contributed by atoms with E-state index in [2.05, 4.69) is 0 Å². The first-order chi connectivity index (χ1) is 10.9. The van der Waals surface area contributed by atoms with Crippen LogP contribution >= 0.6 is 23.2 Å². The van der Waals surface area contributed by atoms with E-state index in [-0.39, 0.29) is 10.6 Å². The summed E-state index contributed by atoms with van der Waals surface area (Å²) in [5.74, 6) is -1.46. The molecule has 0 saturated carbocycles. The molecule has 0 saturated heterocycles. The van der Waals surface area contributed by atoms with Crippen LogP contribution in [0.5, 0.6) is 0 Å². The second kappa shape index (κ2) is 7.21. The molecule has 0 fully saturated rings. The molecule has 0 N–H and O–H groups in total. The number of hydrogen-bond acceptors (Lipinski definition) is 5. The summed E-state index contributed by atoms with van der Waals surface area (Å²) < 4.78 is 4.84. The van der Waals surface area contributed by atoms with E-state index in [1.165, 1.54) is 30.3 Å². The first kappa shape index (κ1) is 16.9. The highest BCUT2D eigenvalue weighted by atomic mass is 35.5. The summed E-state index contributed by atoms with van der Waals surface area (Å²) in [6.07, 6.45) is 0. The number of hydrogen-bond donors (Lipinski definition) is 0. The number of nitro benzene ring substituents is 1. The minimum Gasteiger partial charge on any atom is -0.454 e. The van der Waals surface area contributed by atoms with Gasteiger partial charge in [-0.2, -0.15) is 0 Å². The number of halogens is 2. The normalized spacial score (nSPS) is 10.2. The second-order valence-electron chi connectivity index (χ2n) is 4.42. The van der Waals surface area contributed by atoms with E-state index < -0.39 is 29.0 Å². The number of nitrogens with zero attached hydrogens (tertiary/aromatic N) is 1. The average molecular weight is 354 g/mol. The number of ether oxygens (including phenoxy) is 1. The van der Waals surface area contributed by atoms with Gasteiger partial charge in [-0.15, -0.1) is 0 Å². The van der Waals surface area contributed by atoms with Crippen molar-refractivity contribution in [2.45, 2.75) is 0 Å². The van der Waals surface area contributed by atoms with Crippen molar-refractivity contribution in [3.05, 3.63) is 73.8 Å². The van der Waals surface area contributed by atoms with Crippen LogP contribution in [0.2, 0.25) is 10.0 Å². The number of esters is 1. The topological polar surface area (TPSA) is 86.5 Å². The van der Waals surface area contributed by atoms with Gasteiger partial charge >= 0.3 is 5.97 Å². The summed E-state index contributed by atoms with van der Waals surface area (Å²) >= 11 is 11.4. The standard InChI is InChI=1S/C15H9Cl2NO5/c16-10-3-1-9(2-4-10)14(19)8-23-15(20)12-7-11(17)5-6-13(12)18(21)22/h1-7H,8H2. The van der Waals surface area contributed by atoms with Crippen LogP contribution in [-0.2, 0) is 4.74 Å². The molecule has 23 heavy (non-hydrogen) atoms. The Hall–Kier alpha value is -2.44. The zero-order valence-electron chi connectivity index (χ0n) is 11.5. The van der Waals surface area contributed by atoms with Crippen LogP contribution in [0.4, 0.5) is 5.69 Å².